The summed E-state index contributed by atoms with van der Waals surface area (Å²) in [5.41, 5.74) is 1.65. The first-order valence-corrected chi connectivity index (χ1v) is 8.17. The fraction of sp³-hybridized carbons (Fsp3) is 0.316. The number of nitrogens with zero attached hydrogens (tertiary/aromatic N) is 1. The number of carbonyl (C=O) groups excluding carboxylic acids is 1. The first-order chi connectivity index (χ1) is 11.7. The lowest BCUT2D eigenvalue weighted by atomic mass is 10.1. The number of hydrogen-bond acceptors (Lipinski definition) is 2. The molecule has 0 aliphatic carbocycles. The Bertz CT molecular complexity index is 712. The molecule has 1 aliphatic rings. The third-order valence-electron chi connectivity index (χ3n) is 4.42. The highest BCUT2D eigenvalue weighted by molar-refractivity contribution is 5.94. The Balaban J connectivity index is 1.57. The number of quaternary nitrogens is 1. The van der Waals surface area contributed by atoms with Gasteiger partial charge in [0.05, 0.1) is 33.3 Å². The third-order valence-corrected chi connectivity index (χ3v) is 4.42. The van der Waals surface area contributed by atoms with Crippen molar-refractivity contribution in [2.45, 2.75) is 6.54 Å². The molecule has 2 aromatic carbocycles. The van der Waals surface area contributed by atoms with Crippen molar-refractivity contribution in [2.75, 3.05) is 33.3 Å². The zero-order chi connectivity index (χ0) is 16.9. The summed E-state index contributed by atoms with van der Waals surface area (Å²) < 4.78 is 18.4. The van der Waals surface area contributed by atoms with Crippen LogP contribution < -0.4 is 9.64 Å². The Morgan fingerprint density at radius 2 is 1.92 bits per heavy atom. The molecular weight excluding hydrogens is 307 g/mol. The molecule has 1 N–H and O–H groups in total. The highest BCUT2D eigenvalue weighted by Gasteiger charge is 2.24. The van der Waals surface area contributed by atoms with Gasteiger partial charge in [-0.05, 0) is 30.3 Å². The van der Waals surface area contributed by atoms with Crippen LogP contribution in [0.4, 0.5) is 4.39 Å². The molecule has 5 heteroatoms. The minimum atomic E-state index is -0.196. The lowest BCUT2D eigenvalue weighted by Crippen LogP contribution is -3.13. The molecule has 0 aromatic heterocycles. The van der Waals surface area contributed by atoms with Gasteiger partial charge in [-0.1, -0.05) is 18.2 Å². The molecule has 0 bridgehead atoms. The topological polar surface area (TPSA) is 34.0 Å². The summed E-state index contributed by atoms with van der Waals surface area (Å²) in [7, 11) is 1.60. The Hall–Kier alpha value is -2.40. The zero-order valence-electron chi connectivity index (χ0n) is 13.8. The number of ether oxygens (including phenoxy) is 1. The molecule has 0 saturated carbocycles. The van der Waals surface area contributed by atoms with Gasteiger partial charge in [-0.25, -0.2) is 4.39 Å². The van der Waals surface area contributed by atoms with E-state index >= 15 is 0 Å². The lowest BCUT2D eigenvalue weighted by molar-refractivity contribution is -0.917. The van der Waals surface area contributed by atoms with E-state index in [-0.39, 0.29) is 11.7 Å². The van der Waals surface area contributed by atoms with E-state index in [1.165, 1.54) is 11.0 Å². The van der Waals surface area contributed by atoms with Gasteiger partial charge in [0.2, 0.25) is 0 Å². The van der Waals surface area contributed by atoms with E-state index in [4.69, 9.17) is 4.74 Å². The maximum absolute atomic E-state index is 13.3. The Morgan fingerprint density at radius 1 is 1.17 bits per heavy atom. The first kappa shape index (κ1) is 16.5. The summed E-state index contributed by atoms with van der Waals surface area (Å²) in [6.45, 7) is 3.94. The van der Waals surface area contributed by atoms with Crippen LogP contribution in [-0.4, -0.2) is 44.1 Å². The number of hydrogen-bond donors (Lipinski definition) is 1. The van der Waals surface area contributed by atoms with Crippen molar-refractivity contribution < 1.29 is 18.8 Å². The standard InChI is InChI=1S/C19H21FN2O2/c1-24-18-7-3-5-16(13-18)19(23)22-10-8-21(9-11-22)14-15-4-2-6-17(20)12-15/h2-7,12-13H,8-11,14H2,1H3/p+1. The largest absolute Gasteiger partial charge is 0.497 e. The van der Waals surface area contributed by atoms with Crippen LogP contribution in [0.5, 0.6) is 5.75 Å². The number of nitrogens with one attached hydrogen (secondary N) is 1. The molecule has 3 rings (SSSR count). The van der Waals surface area contributed by atoms with Crippen molar-refractivity contribution in [1.29, 1.82) is 0 Å². The maximum atomic E-state index is 13.3. The maximum Gasteiger partial charge on any atom is 0.254 e. The van der Waals surface area contributed by atoms with E-state index < -0.39 is 0 Å². The molecule has 0 radical (unpaired) electrons. The molecular formula is C19H22FN2O2+. The van der Waals surface area contributed by atoms with Crippen LogP contribution in [0.15, 0.2) is 48.5 Å². The van der Waals surface area contributed by atoms with E-state index in [1.807, 2.05) is 29.2 Å². The molecule has 1 aliphatic heterocycles. The quantitative estimate of drug-likeness (QED) is 0.919. The molecule has 0 atom stereocenters. The summed E-state index contributed by atoms with van der Waals surface area (Å²) in [5.74, 6) is 0.536. The van der Waals surface area contributed by atoms with E-state index in [2.05, 4.69) is 0 Å². The van der Waals surface area contributed by atoms with Crippen LogP contribution in [0, 0.1) is 5.82 Å². The van der Waals surface area contributed by atoms with Crippen LogP contribution in [-0.2, 0) is 6.54 Å². The van der Waals surface area contributed by atoms with Crippen LogP contribution in [0.2, 0.25) is 0 Å². The van der Waals surface area contributed by atoms with Crippen molar-refractivity contribution >= 4 is 5.91 Å². The van der Waals surface area contributed by atoms with Crippen molar-refractivity contribution in [3.8, 4) is 5.75 Å². The van der Waals surface area contributed by atoms with Crippen LogP contribution >= 0.6 is 0 Å². The normalized spacial score (nSPS) is 15.3. The Morgan fingerprint density at radius 3 is 2.62 bits per heavy atom. The highest BCUT2D eigenvalue weighted by atomic mass is 19.1. The summed E-state index contributed by atoms with van der Waals surface area (Å²) in [4.78, 5) is 15.8. The molecule has 24 heavy (non-hydrogen) atoms. The van der Waals surface area contributed by atoms with Crippen molar-refractivity contribution in [1.82, 2.24) is 4.90 Å². The molecule has 0 unspecified atom stereocenters. The van der Waals surface area contributed by atoms with Crippen LogP contribution in [0.1, 0.15) is 15.9 Å². The van der Waals surface area contributed by atoms with E-state index in [0.717, 1.165) is 25.2 Å². The van der Waals surface area contributed by atoms with E-state index in [9.17, 15) is 9.18 Å². The number of piperazine rings is 1. The van der Waals surface area contributed by atoms with E-state index in [1.54, 1.807) is 25.3 Å². The SMILES string of the molecule is COc1cccc(C(=O)N2CC[NH+](Cc3cccc(F)c3)CC2)c1. The summed E-state index contributed by atoms with van der Waals surface area (Å²) in [6, 6.07) is 14.0. The second-order valence-electron chi connectivity index (χ2n) is 6.08. The molecule has 1 heterocycles. The number of benzene rings is 2. The third kappa shape index (κ3) is 3.92. The fourth-order valence-corrected chi connectivity index (χ4v) is 3.08. The lowest BCUT2D eigenvalue weighted by Gasteiger charge is -2.32. The molecule has 1 saturated heterocycles. The Labute approximate surface area is 141 Å². The van der Waals surface area contributed by atoms with Gasteiger partial charge in [-0.3, -0.25) is 4.79 Å². The van der Waals surface area contributed by atoms with Gasteiger partial charge in [-0.2, -0.15) is 0 Å². The van der Waals surface area contributed by atoms with Crippen molar-refractivity contribution in [3.05, 3.63) is 65.5 Å². The van der Waals surface area contributed by atoms with Crippen molar-refractivity contribution in [3.63, 3.8) is 0 Å². The van der Waals surface area contributed by atoms with Gasteiger partial charge in [-0.15, -0.1) is 0 Å². The average Bonchev–Trinajstić information content (AvgIpc) is 2.62. The molecule has 2 aromatic rings. The molecule has 4 nitrogen and oxygen atoms in total. The van der Waals surface area contributed by atoms with Gasteiger partial charge in [0.25, 0.3) is 5.91 Å². The predicted molar refractivity (Wildman–Crippen MR) is 89.7 cm³/mol. The number of halogens is 1. The minimum absolute atomic E-state index is 0.0405. The average molecular weight is 329 g/mol. The smallest absolute Gasteiger partial charge is 0.254 e. The fourth-order valence-electron chi connectivity index (χ4n) is 3.08. The second-order valence-corrected chi connectivity index (χ2v) is 6.08. The van der Waals surface area contributed by atoms with Crippen LogP contribution in [0.25, 0.3) is 0 Å². The number of amides is 1. The van der Waals surface area contributed by atoms with Crippen LogP contribution in [0.3, 0.4) is 0 Å². The molecule has 1 amide bonds. The number of rotatable bonds is 4. The summed E-state index contributed by atoms with van der Waals surface area (Å²) in [5, 5.41) is 0. The molecule has 126 valence electrons. The minimum Gasteiger partial charge on any atom is -0.497 e. The molecule has 1 fully saturated rings. The zero-order valence-corrected chi connectivity index (χ0v) is 13.8. The van der Waals surface area contributed by atoms with Gasteiger partial charge < -0.3 is 14.5 Å². The Kier molecular flexibility index (Phi) is 5.11. The van der Waals surface area contributed by atoms with Gasteiger partial charge in [0.15, 0.2) is 0 Å². The predicted octanol–water partition coefficient (Wildman–Crippen LogP) is 1.38. The highest BCUT2D eigenvalue weighted by Crippen LogP contribution is 2.14. The monoisotopic (exact) mass is 329 g/mol. The first-order valence-electron chi connectivity index (χ1n) is 8.17. The number of methoxy groups -OCH3 is 1. The number of carbonyl (C=O) groups is 1. The van der Waals surface area contributed by atoms with Gasteiger partial charge >= 0.3 is 0 Å². The van der Waals surface area contributed by atoms with Gasteiger partial charge in [0.1, 0.15) is 18.1 Å². The summed E-state index contributed by atoms with van der Waals surface area (Å²) in [6.07, 6.45) is 0. The molecule has 0 spiro atoms. The van der Waals surface area contributed by atoms with E-state index in [0.29, 0.717) is 24.4 Å². The summed E-state index contributed by atoms with van der Waals surface area (Å²) >= 11 is 0. The van der Waals surface area contributed by atoms with Crippen molar-refractivity contribution in [2.24, 2.45) is 0 Å². The second kappa shape index (κ2) is 7.45. The van der Waals surface area contributed by atoms with Gasteiger partial charge in [0, 0.05) is 11.1 Å².